The number of methoxy groups -OCH3 is 1. The lowest BCUT2D eigenvalue weighted by molar-refractivity contribution is -0.147. The van der Waals surface area contributed by atoms with Crippen LogP contribution < -0.4 is 10.1 Å². The third-order valence-corrected chi connectivity index (χ3v) is 5.35. The molecule has 144 valence electrons. The van der Waals surface area contributed by atoms with Crippen molar-refractivity contribution in [1.82, 2.24) is 4.90 Å². The molecule has 1 saturated heterocycles. The Kier molecular flexibility index (Phi) is 7.63. The average molecular weight is 381 g/mol. The summed E-state index contributed by atoms with van der Waals surface area (Å²) in [5, 5.41) is 2.85. The molecular weight excluding hydrogens is 352 g/mol. The van der Waals surface area contributed by atoms with Gasteiger partial charge in [-0.05, 0) is 30.9 Å². The monoisotopic (exact) mass is 380 g/mol. The molecule has 2 rings (SSSR count). The normalized spacial score (nSPS) is 19.5. The van der Waals surface area contributed by atoms with E-state index in [0.29, 0.717) is 29.7 Å². The van der Waals surface area contributed by atoms with E-state index in [0.717, 1.165) is 12.8 Å². The molecule has 6 nitrogen and oxygen atoms in total. The highest BCUT2D eigenvalue weighted by Crippen LogP contribution is 2.34. The number of esters is 1. The number of nitrogens with zero attached hydrogens (tertiary/aromatic N) is 1. The number of nitrogens with one attached hydrogen (secondary N) is 1. The zero-order valence-electron chi connectivity index (χ0n) is 15.9. The van der Waals surface area contributed by atoms with Crippen molar-refractivity contribution in [3.63, 3.8) is 0 Å². The standard InChI is InChI=1S/C19H28N2O4S/c1-5-9-25-18(22)16-12-26-17(10-13(2)3)21(16)19(23)20-14-7-6-8-15(11-14)24-4/h6-8,11,13,16-17H,5,9-10,12H2,1-4H3,(H,20,23). The van der Waals surface area contributed by atoms with Crippen LogP contribution in [0.3, 0.4) is 0 Å². The fourth-order valence-corrected chi connectivity index (χ4v) is 4.42. The molecular formula is C19H28N2O4S. The maximum Gasteiger partial charge on any atom is 0.329 e. The van der Waals surface area contributed by atoms with Crippen LogP contribution in [0.25, 0.3) is 0 Å². The van der Waals surface area contributed by atoms with Crippen LogP contribution in [0, 0.1) is 5.92 Å². The number of hydrogen-bond donors (Lipinski definition) is 1. The summed E-state index contributed by atoms with van der Waals surface area (Å²) in [5.74, 6) is 1.32. The number of amides is 2. The van der Waals surface area contributed by atoms with Crippen molar-refractivity contribution < 1.29 is 19.1 Å². The molecule has 26 heavy (non-hydrogen) atoms. The molecule has 1 aliphatic rings. The molecule has 0 bridgehead atoms. The molecule has 2 atom stereocenters. The Morgan fingerprint density at radius 1 is 1.38 bits per heavy atom. The van der Waals surface area contributed by atoms with Crippen molar-refractivity contribution in [3.05, 3.63) is 24.3 Å². The van der Waals surface area contributed by atoms with Crippen molar-refractivity contribution in [2.45, 2.75) is 45.0 Å². The third kappa shape index (κ3) is 5.30. The zero-order valence-corrected chi connectivity index (χ0v) is 16.7. The molecule has 1 fully saturated rings. The predicted molar refractivity (Wildman–Crippen MR) is 105 cm³/mol. The maximum atomic E-state index is 12.9. The van der Waals surface area contributed by atoms with Crippen molar-refractivity contribution in [3.8, 4) is 5.75 Å². The van der Waals surface area contributed by atoms with Crippen LogP contribution in [0.4, 0.5) is 10.5 Å². The Morgan fingerprint density at radius 3 is 2.81 bits per heavy atom. The van der Waals surface area contributed by atoms with Gasteiger partial charge in [-0.15, -0.1) is 11.8 Å². The topological polar surface area (TPSA) is 67.9 Å². The largest absolute Gasteiger partial charge is 0.497 e. The highest BCUT2D eigenvalue weighted by atomic mass is 32.2. The van der Waals surface area contributed by atoms with Gasteiger partial charge < -0.3 is 14.8 Å². The van der Waals surface area contributed by atoms with Gasteiger partial charge >= 0.3 is 12.0 Å². The van der Waals surface area contributed by atoms with E-state index in [-0.39, 0.29) is 17.4 Å². The number of ether oxygens (including phenoxy) is 2. The molecule has 0 radical (unpaired) electrons. The van der Waals surface area contributed by atoms with Crippen LogP contribution in [0.15, 0.2) is 24.3 Å². The zero-order chi connectivity index (χ0) is 19.1. The number of thioether (sulfide) groups is 1. The molecule has 0 spiro atoms. The van der Waals surface area contributed by atoms with Crippen LogP contribution in [-0.2, 0) is 9.53 Å². The molecule has 1 heterocycles. The van der Waals surface area contributed by atoms with Gasteiger partial charge in [-0.25, -0.2) is 9.59 Å². The van der Waals surface area contributed by atoms with Gasteiger partial charge in [0.25, 0.3) is 0 Å². The molecule has 1 aromatic rings. The van der Waals surface area contributed by atoms with Crippen molar-refractivity contribution in [2.75, 3.05) is 24.8 Å². The Balaban J connectivity index is 2.16. The van der Waals surface area contributed by atoms with E-state index in [1.165, 1.54) is 0 Å². The third-order valence-electron chi connectivity index (χ3n) is 4.04. The van der Waals surface area contributed by atoms with E-state index in [2.05, 4.69) is 19.2 Å². The van der Waals surface area contributed by atoms with Crippen molar-refractivity contribution >= 4 is 29.4 Å². The van der Waals surface area contributed by atoms with Gasteiger partial charge in [-0.1, -0.05) is 26.8 Å². The van der Waals surface area contributed by atoms with Crippen LogP contribution in [0.1, 0.15) is 33.6 Å². The van der Waals surface area contributed by atoms with E-state index in [9.17, 15) is 9.59 Å². The summed E-state index contributed by atoms with van der Waals surface area (Å²) in [6.45, 7) is 6.55. The van der Waals surface area contributed by atoms with Gasteiger partial charge in [0.05, 0.1) is 19.1 Å². The second-order valence-electron chi connectivity index (χ2n) is 6.67. The average Bonchev–Trinajstić information content (AvgIpc) is 3.02. The highest BCUT2D eigenvalue weighted by Gasteiger charge is 2.42. The number of carbonyl (C=O) groups excluding carboxylic acids is 2. The molecule has 0 aromatic heterocycles. The van der Waals surface area contributed by atoms with Crippen LogP contribution in [0.2, 0.25) is 0 Å². The summed E-state index contributed by atoms with van der Waals surface area (Å²) < 4.78 is 10.5. The molecule has 0 saturated carbocycles. The molecule has 1 N–H and O–H groups in total. The Hall–Kier alpha value is -1.89. The van der Waals surface area contributed by atoms with Crippen LogP contribution in [0.5, 0.6) is 5.75 Å². The Labute approximate surface area is 159 Å². The van der Waals surface area contributed by atoms with Crippen LogP contribution in [-0.4, -0.2) is 47.8 Å². The van der Waals surface area contributed by atoms with Gasteiger partial charge in [0.2, 0.25) is 0 Å². The highest BCUT2D eigenvalue weighted by molar-refractivity contribution is 8.00. The van der Waals surface area contributed by atoms with E-state index in [1.54, 1.807) is 35.9 Å². The summed E-state index contributed by atoms with van der Waals surface area (Å²) in [4.78, 5) is 27.0. The van der Waals surface area contributed by atoms with Gasteiger partial charge in [-0.3, -0.25) is 4.90 Å². The lowest BCUT2D eigenvalue weighted by Gasteiger charge is -2.29. The molecule has 7 heteroatoms. The Morgan fingerprint density at radius 2 is 2.15 bits per heavy atom. The summed E-state index contributed by atoms with van der Waals surface area (Å²) in [6, 6.07) is 6.34. The minimum atomic E-state index is -0.555. The van der Waals surface area contributed by atoms with E-state index < -0.39 is 6.04 Å². The lowest BCUT2D eigenvalue weighted by atomic mass is 10.1. The molecule has 0 aliphatic carbocycles. The second kappa shape index (κ2) is 9.71. The summed E-state index contributed by atoms with van der Waals surface area (Å²) >= 11 is 1.63. The number of hydrogen-bond acceptors (Lipinski definition) is 5. The number of anilines is 1. The first kappa shape index (κ1) is 20.4. The minimum absolute atomic E-state index is 0.0419. The quantitative estimate of drug-likeness (QED) is 0.725. The fraction of sp³-hybridized carbons (Fsp3) is 0.579. The Bertz CT molecular complexity index is 623. The van der Waals surface area contributed by atoms with Gasteiger partial charge in [0, 0.05) is 17.5 Å². The number of carbonyl (C=O) groups is 2. The first-order valence-corrected chi connectivity index (χ1v) is 10.0. The lowest BCUT2D eigenvalue weighted by Crippen LogP contribution is -2.48. The molecule has 2 unspecified atom stereocenters. The van der Waals surface area contributed by atoms with Gasteiger partial charge in [-0.2, -0.15) is 0 Å². The molecule has 1 aliphatic heterocycles. The first-order valence-electron chi connectivity index (χ1n) is 8.97. The first-order chi connectivity index (χ1) is 12.5. The summed E-state index contributed by atoms with van der Waals surface area (Å²) in [7, 11) is 1.58. The van der Waals surface area contributed by atoms with Crippen molar-refractivity contribution in [2.24, 2.45) is 5.92 Å². The van der Waals surface area contributed by atoms with Crippen molar-refractivity contribution in [1.29, 1.82) is 0 Å². The van der Waals surface area contributed by atoms with E-state index in [1.807, 2.05) is 19.1 Å². The predicted octanol–water partition coefficient (Wildman–Crippen LogP) is 3.97. The SMILES string of the molecule is CCCOC(=O)C1CSC(CC(C)C)N1C(=O)Nc1cccc(OC)c1. The minimum Gasteiger partial charge on any atom is -0.497 e. The van der Waals surface area contributed by atoms with E-state index >= 15 is 0 Å². The van der Waals surface area contributed by atoms with Gasteiger partial charge in [0.1, 0.15) is 11.8 Å². The van der Waals surface area contributed by atoms with Gasteiger partial charge in [0.15, 0.2) is 0 Å². The molecule has 1 aromatic carbocycles. The smallest absolute Gasteiger partial charge is 0.329 e. The summed E-state index contributed by atoms with van der Waals surface area (Å²) in [6.07, 6.45) is 1.59. The number of rotatable bonds is 7. The van der Waals surface area contributed by atoms with E-state index in [4.69, 9.17) is 9.47 Å². The maximum absolute atomic E-state index is 12.9. The summed E-state index contributed by atoms with van der Waals surface area (Å²) in [5.41, 5.74) is 0.634. The number of urea groups is 1. The number of benzene rings is 1. The second-order valence-corrected chi connectivity index (χ2v) is 7.88. The fourth-order valence-electron chi connectivity index (χ4n) is 2.79. The van der Waals surface area contributed by atoms with Crippen LogP contribution >= 0.6 is 11.8 Å². The molecule has 2 amide bonds.